The van der Waals surface area contributed by atoms with Crippen molar-refractivity contribution in [3.63, 3.8) is 0 Å². The van der Waals surface area contributed by atoms with Crippen molar-refractivity contribution in [3.8, 4) is 0 Å². The predicted octanol–water partition coefficient (Wildman–Crippen LogP) is 3.95. The third kappa shape index (κ3) is 3.50. The molecule has 1 aromatic carbocycles. The van der Waals surface area contributed by atoms with E-state index in [9.17, 15) is 4.79 Å². The minimum absolute atomic E-state index is 0.0769. The third-order valence-corrected chi connectivity index (χ3v) is 5.94. The monoisotopic (exact) mass is 372 g/mol. The lowest BCUT2D eigenvalue weighted by molar-refractivity contribution is -0.132. The van der Waals surface area contributed by atoms with E-state index in [2.05, 4.69) is 14.8 Å². The minimum Gasteiger partial charge on any atom is -0.332 e. The van der Waals surface area contributed by atoms with Gasteiger partial charge < -0.3 is 9.47 Å². The maximum Gasteiger partial charge on any atom is 0.223 e. The van der Waals surface area contributed by atoms with E-state index in [-0.39, 0.29) is 11.9 Å². The first-order valence-electron chi connectivity index (χ1n) is 9.69. The van der Waals surface area contributed by atoms with Gasteiger partial charge in [0.2, 0.25) is 5.91 Å². The van der Waals surface area contributed by atoms with Crippen molar-refractivity contribution in [3.05, 3.63) is 46.5 Å². The number of rotatable bonds is 4. The predicted molar refractivity (Wildman–Crippen MR) is 101 cm³/mol. The van der Waals surface area contributed by atoms with Crippen LogP contribution < -0.4 is 0 Å². The van der Waals surface area contributed by atoms with Gasteiger partial charge in [0.1, 0.15) is 5.82 Å². The Labute approximate surface area is 159 Å². The van der Waals surface area contributed by atoms with Crippen molar-refractivity contribution < 1.29 is 4.79 Å². The molecule has 2 aliphatic rings. The summed E-state index contributed by atoms with van der Waals surface area (Å²) in [4.78, 5) is 14.9. The first kappa shape index (κ1) is 17.5. The van der Waals surface area contributed by atoms with Crippen molar-refractivity contribution in [2.45, 2.75) is 64.0 Å². The molecule has 0 N–H and O–H groups in total. The van der Waals surface area contributed by atoms with Gasteiger partial charge in [0.25, 0.3) is 0 Å². The maximum atomic E-state index is 12.9. The molecular weight excluding hydrogens is 348 g/mol. The number of carbonyl (C=O) groups excluding carboxylic acids is 1. The normalized spacial score (nSPS) is 20.0. The molecule has 5 nitrogen and oxygen atoms in total. The van der Waals surface area contributed by atoms with Crippen molar-refractivity contribution in [1.82, 2.24) is 19.7 Å². The zero-order chi connectivity index (χ0) is 17.9. The minimum atomic E-state index is 0.0769. The number of hydrogen-bond donors (Lipinski definition) is 0. The van der Waals surface area contributed by atoms with E-state index < -0.39 is 0 Å². The van der Waals surface area contributed by atoms with Crippen molar-refractivity contribution in [1.29, 1.82) is 0 Å². The highest BCUT2D eigenvalue weighted by Crippen LogP contribution is 2.33. The van der Waals surface area contributed by atoms with Gasteiger partial charge in [0, 0.05) is 31.0 Å². The summed E-state index contributed by atoms with van der Waals surface area (Å²) in [5.41, 5.74) is 1.04. The second-order valence-corrected chi connectivity index (χ2v) is 7.68. The number of nitrogens with zero attached hydrogens (tertiary/aromatic N) is 4. The van der Waals surface area contributed by atoms with Gasteiger partial charge in [-0.15, -0.1) is 10.2 Å². The van der Waals surface area contributed by atoms with E-state index in [1.807, 2.05) is 29.2 Å². The Hall–Kier alpha value is -1.88. The van der Waals surface area contributed by atoms with Crippen LogP contribution in [0.5, 0.6) is 0 Å². The molecule has 1 fully saturated rings. The van der Waals surface area contributed by atoms with Gasteiger partial charge in [-0.05, 0) is 43.7 Å². The number of halogens is 1. The Bertz CT molecular complexity index is 788. The fourth-order valence-corrected chi connectivity index (χ4v) is 4.40. The van der Waals surface area contributed by atoms with E-state index in [4.69, 9.17) is 11.6 Å². The van der Waals surface area contributed by atoms with Crippen LogP contribution in [0.15, 0.2) is 24.3 Å². The summed E-state index contributed by atoms with van der Waals surface area (Å²) in [6, 6.07) is 7.84. The van der Waals surface area contributed by atoms with Crippen LogP contribution in [-0.4, -0.2) is 32.1 Å². The van der Waals surface area contributed by atoms with Crippen molar-refractivity contribution >= 4 is 17.5 Å². The molecule has 0 aliphatic carbocycles. The maximum absolute atomic E-state index is 12.9. The van der Waals surface area contributed by atoms with Gasteiger partial charge in [-0.1, -0.05) is 36.2 Å². The highest BCUT2D eigenvalue weighted by atomic mass is 35.5. The summed E-state index contributed by atoms with van der Waals surface area (Å²) in [6.45, 7) is 1.80. The summed E-state index contributed by atoms with van der Waals surface area (Å²) < 4.78 is 2.28. The zero-order valence-electron chi connectivity index (χ0n) is 15.0. The topological polar surface area (TPSA) is 51.0 Å². The molecule has 0 saturated carbocycles. The Morgan fingerprint density at radius 1 is 1.12 bits per heavy atom. The van der Waals surface area contributed by atoms with E-state index in [1.165, 1.54) is 19.3 Å². The first-order valence-corrected chi connectivity index (χ1v) is 10.1. The second kappa shape index (κ2) is 7.78. The molecule has 2 aliphatic heterocycles. The number of amides is 1. The molecule has 138 valence electrons. The number of fused-ring (bicyclic) bond motifs is 1. The lowest BCUT2D eigenvalue weighted by atomic mass is 10.1. The van der Waals surface area contributed by atoms with Crippen LogP contribution in [0.2, 0.25) is 5.02 Å². The molecule has 0 radical (unpaired) electrons. The number of aryl methyl sites for hydroxylation is 2. The summed E-state index contributed by atoms with van der Waals surface area (Å²) in [5, 5.41) is 9.64. The average molecular weight is 373 g/mol. The number of aromatic nitrogens is 3. The average Bonchev–Trinajstić information content (AvgIpc) is 3.21. The molecule has 1 atom stereocenters. The van der Waals surface area contributed by atoms with Crippen LogP contribution in [0.25, 0.3) is 0 Å². The standard InChI is InChI=1S/C20H25ClN4O/c21-16-8-4-3-7-15(16)11-12-19(26)24-14-6-9-17(24)20-23-22-18-10-2-1-5-13-25(18)20/h3-4,7-8,17H,1-2,5-6,9-14H2. The largest absolute Gasteiger partial charge is 0.332 e. The van der Waals surface area contributed by atoms with Gasteiger partial charge >= 0.3 is 0 Å². The molecule has 1 unspecified atom stereocenters. The van der Waals surface area contributed by atoms with Crippen LogP contribution in [0.1, 0.15) is 61.8 Å². The molecule has 0 spiro atoms. The summed E-state index contributed by atoms with van der Waals surface area (Å²) in [5.74, 6) is 2.27. The zero-order valence-corrected chi connectivity index (χ0v) is 15.8. The quantitative estimate of drug-likeness (QED) is 0.816. The second-order valence-electron chi connectivity index (χ2n) is 7.27. The van der Waals surface area contributed by atoms with Gasteiger partial charge in [0.05, 0.1) is 6.04 Å². The molecular formula is C20H25ClN4O. The molecule has 1 saturated heterocycles. The molecule has 2 aromatic rings. The van der Waals surface area contributed by atoms with Crippen LogP contribution in [0.3, 0.4) is 0 Å². The van der Waals surface area contributed by atoms with Gasteiger partial charge in [-0.25, -0.2) is 0 Å². The molecule has 4 rings (SSSR count). The van der Waals surface area contributed by atoms with Crippen LogP contribution in [-0.2, 0) is 24.2 Å². The molecule has 1 amide bonds. The van der Waals surface area contributed by atoms with Gasteiger partial charge in [-0.3, -0.25) is 4.79 Å². The Morgan fingerprint density at radius 3 is 2.88 bits per heavy atom. The summed E-state index contributed by atoms with van der Waals surface area (Å²) in [6.07, 6.45) is 7.78. The van der Waals surface area contributed by atoms with Crippen LogP contribution in [0, 0.1) is 0 Å². The third-order valence-electron chi connectivity index (χ3n) is 5.58. The van der Waals surface area contributed by atoms with Gasteiger partial charge in [0.15, 0.2) is 5.82 Å². The number of carbonyl (C=O) groups is 1. The lowest BCUT2D eigenvalue weighted by Gasteiger charge is -2.25. The Balaban J connectivity index is 1.47. The number of hydrogen-bond acceptors (Lipinski definition) is 3. The van der Waals surface area contributed by atoms with Crippen LogP contribution >= 0.6 is 11.6 Å². The number of likely N-dealkylation sites (tertiary alicyclic amines) is 1. The highest BCUT2D eigenvalue weighted by molar-refractivity contribution is 6.31. The smallest absolute Gasteiger partial charge is 0.223 e. The highest BCUT2D eigenvalue weighted by Gasteiger charge is 2.34. The van der Waals surface area contributed by atoms with E-state index in [1.54, 1.807) is 0 Å². The molecule has 1 aromatic heterocycles. The first-order chi connectivity index (χ1) is 12.7. The molecule has 3 heterocycles. The Kier molecular flexibility index (Phi) is 5.25. The molecule has 6 heteroatoms. The van der Waals surface area contributed by atoms with Crippen molar-refractivity contribution in [2.24, 2.45) is 0 Å². The molecule has 0 bridgehead atoms. The molecule has 26 heavy (non-hydrogen) atoms. The fraction of sp³-hybridized carbons (Fsp3) is 0.550. The van der Waals surface area contributed by atoms with E-state index in [0.717, 1.165) is 54.6 Å². The van der Waals surface area contributed by atoms with E-state index >= 15 is 0 Å². The van der Waals surface area contributed by atoms with Crippen molar-refractivity contribution in [2.75, 3.05) is 6.54 Å². The SMILES string of the molecule is O=C(CCc1ccccc1Cl)N1CCCC1c1nnc2n1CCCCC2. The number of benzene rings is 1. The van der Waals surface area contributed by atoms with Crippen LogP contribution in [0.4, 0.5) is 0 Å². The van der Waals surface area contributed by atoms with Gasteiger partial charge in [-0.2, -0.15) is 0 Å². The Morgan fingerprint density at radius 2 is 2.00 bits per heavy atom. The fourth-order valence-electron chi connectivity index (χ4n) is 4.17. The lowest BCUT2D eigenvalue weighted by Crippen LogP contribution is -2.32. The van der Waals surface area contributed by atoms with E-state index in [0.29, 0.717) is 12.8 Å². The summed E-state index contributed by atoms with van der Waals surface area (Å²) in [7, 11) is 0. The summed E-state index contributed by atoms with van der Waals surface area (Å²) >= 11 is 6.23.